The predicted molar refractivity (Wildman–Crippen MR) is 59.1 cm³/mol. The van der Waals surface area contributed by atoms with Gasteiger partial charge in [-0.1, -0.05) is 20.8 Å². The van der Waals surface area contributed by atoms with E-state index in [0.717, 1.165) is 25.2 Å². The number of nitrogens with two attached hydrogens (primary N) is 1. The van der Waals surface area contributed by atoms with Gasteiger partial charge in [0.2, 0.25) is 0 Å². The molecule has 0 aliphatic carbocycles. The van der Waals surface area contributed by atoms with Gasteiger partial charge < -0.3 is 10.7 Å². The molecule has 1 aromatic heterocycles. The molecule has 1 aromatic rings. The Labute approximate surface area is 86.1 Å². The number of H-pyrrole nitrogens is 1. The average molecular weight is 195 g/mol. The zero-order chi connectivity index (χ0) is 10.6. The third kappa shape index (κ3) is 3.50. The van der Waals surface area contributed by atoms with Crippen LogP contribution < -0.4 is 5.73 Å². The molecule has 0 aliphatic rings. The van der Waals surface area contributed by atoms with Crippen LogP contribution in [0, 0.1) is 11.8 Å². The molecule has 3 nitrogen and oxygen atoms in total. The van der Waals surface area contributed by atoms with Crippen molar-refractivity contribution in [3.63, 3.8) is 0 Å². The topological polar surface area (TPSA) is 54.7 Å². The van der Waals surface area contributed by atoms with Crippen LogP contribution in [-0.2, 0) is 12.8 Å². The SMILES string of the molecule is CC(C)Cc1cnc(CC(C)CN)[nH]1. The van der Waals surface area contributed by atoms with Gasteiger partial charge in [-0.3, -0.25) is 0 Å². The van der Waals surface area contributed by atoms with Crippen LogP contribution in [0.2, 0.25) is 0 Å². The van der Waals surface area contributed by atoms with Crippen LogP contribution in [0.5, 0.6) is 0 Å². The molecule has 0 spiro atoms. The first-order chi connectivity index (χ1) is 6.61. The first kappa shape index (κ1) is 11.2. The van der Waals surface area contributed by atoms with E-state index in [1.54, 1.807) is 0 Å². The van der Waals surface area contributed by atoms with Gasteiger partial charge in [0.1, 0.15) is 5.82 Å². The Morgan fingerprint density at radius 3 is 2.64 bits per heavy atom. The van der Waals surface area contributed by atoms with Gasteiger partial charge >= 0.3 is 0 Å². The molecule has 1 unspecified atom stereocenters. The fourth-order valence-electron chi connectivity index (χ4n) is 1.47. The standard InChI is InChI=1S/C11H21N3/c1-8(2)4-10-7-13-11(14-10)5-9(3)6-12/h7-9H,4-6,12H2,1-3H3,(H,13,14). The van der Waals surface area contributed by atoms with Gasteiger partial charge in [0, 0.05) is 18.3 Å². The Kier molecular flexibility index (Phi) is 4.14. The number of aromatic amines is 1. The van der Waals surface area contributed by atoms with Crippen molar-refractivity contribution < 1.29 is 0 Å². The maximum absolute atomic E-state index is 5.57. The smallest absolute Gasteiger partial charge is 0.106 e. The lowest BCUT2D eigenvalue weighted by Crippen LogP contribution is -2.13. The summed E-state index contributed by atoms with van der Waals surface area (Å²) in [6, 6.07) is 0. The van der Waals surface area contributed by atoms with Gasteiger partial charge in [0.05, 0.1) is 0 Å². The second-order valence-electron chi connectivity index (χ2n) is 4.50. The largest absolute Gasteiger partial charge is 0.346 e. The molecule has 1 rings (SSSR count). The van der Waals surface area contributed by atoms with Crippen LogP contribution in [0.25, 0.3) is 0 Å². The Morgan fingerprint density at radius 1 is 1.36 bits per heavy atom. The number of hydrogen-bond donors (Lipinski definition) is 2. The Morgan fingerprint density at radius 2 is 2.07 bits per heavy atom. The Balaban J connectivity index is 2.50. The average Bonchev–Trinajstić information content (AvgIpc) is 2.51. The van der Waals surface area contributed by atoms with E-state index in [1.165, 1.54) is 5.69 Å². The predicted octanol–water partition coefficient (Wildman–Crippen LogP) is 1.75. The van der Waals surface area contributed by atoms with E-state index >= 15 is 0 Å². The zero-order valence-corrected chi connectivity index (χ0v) is 9.38. The summed E-state index contributed by atoms with van der Waals surface area (Å²) in [5.74, 6) is 2.25. The van der Waals surface area contributed by atoms with E-state index in [4.69, 9.17) is 5.73 Å². The third-order valence-electron chi connectivity index (χ3n) is 2.25. The molecule has 0 aliphatic heterocycles. The third-order valence-corrected chi connectivity index (χ3v) is 2.25. The maximum atomic E-state index is 5.57. The molecule has 0 bridgehead atoms. The van der Waals surface area contributed by atoms with Crippen molar-refractivity contribution in [2.24, 2.45) is 17.6 Å². The molecule has 14 heavy (non-hydrogen) atoms. The summed E-state index contributed by atoms with van der Waals surface area (Å²) in [7, 11) is 0. The molecule has 0 fully saturated rings. The van der Waals surface area contributed by atoms with Crippen LogP contribution in [0.1, 0.15) is 32.3 Å². The van der Waals surface area contributed by atoms with Gasteiger partial charge in [0.15, 0.2) is 0 Å². The highest BCUT2D eigenvalue weighted by molar-refractivity contribution is 5.02. The molecule has 1 atom stereocenters. The second-order valence-corrected chi connectivity index (χ2v) is 4.50. The lowest BCUT2D eigenvalue weighted by atomic mass is 10.1. The summed E-state index contributed by atoms with van der Waals surface area (Å²) in [5, 5.41) is 0. The molecule has 0 amide bonds. The minimum atomic E-state index is 0.507. The summed E-state index contributed by atoms with van der Waals surface area (Å²) >= 11 is 0. The minimum absolute atomic E-state index is 0.507. The molecule has 80 valence electrons. The Bertz CT molecular complexity index is 265. The second kappa shape index (κ2) is 5.15. The highest BCUT2D eigenvalue weighted by Crippen LogP contribution is 2.08. The summed E-state index contributed by atoms with van der Waals surface area (Å²) in [6.45, 7) is 7.29. The van der Waals surface area contributed by atoms with Gasteiger partial charge in [-0.25, -0.2) is 4.98 Å². The summed E-state index contributed by atoms with van der Waals surface area (Å²) in [6.07, 6.45) is 3.97. The minimum Gasteiger partial charge on any atom is -0.346 e. The van der Waals surface area contributed by atoms with Crippen molar-refractivity contribution in [3.8, 4) is 0 Å². The highest BCUT2D eigenvalue weighted by Gasteiger charge is 2.06. The quantitative estimate of drug-likeness (QED) is 0.752. The van der Waals surface area contributed by atoms with Gasteiger partial charge in [0.25, 0.3) is 0 Å². The van der Waals surface area contributed by atoms with Gasteiger partial charge in [-0.2, -0.15) is 0 Å². The molecule has 0 aromatic carbocycles. The number of nitrogens with zero attached hydrogens (tertiary/aromatic N) is 1. The highest BCUT2D eigenvalue weighted by atomic mass is 14.9. The van der Waals surface area contributed by atoms with E-state index < -0.39 is 0 Å². The van der Waals surface area contributed by atoms with Crippen LogP contribution in [-0.4, -0.2) is 16.5 Å². The van der Waals surface area contributed by atoms with E-state index in [9.17, 15) is 0 Å². The first-order valence-electron chi connectivity index (χ1n) is 5.34. The Hall–Kier alpha value is -0.830. The number of hydrogen-bond acceptors (Lipinski definition) is 2. The molecule has 0 saturated heterocycles. The van der Waals surface area contributed by atoms with E-state index in [2.05, 4.69) is 30.7 Å². The van der Waals surface area contributed by atoms with E-state index in [1.807, 2.05) is 6.20 Å². The lowest BCUT2D eigenvalue weighted by molar-refractivity contribution is 0.574. The van der Waals surface area contributed by atoms with Crippen LogP contribution in [0.3, 0.4) is 0 Å². The molecule has 3 heteroatoms. The molecule has 1 heterocycles. The van der Waals surface area contributed by atoms with Crippen molar-refractivity contribution in [1.82, 2.24) is 9.97 Å². The maximum Gasteiger partial charge on any atom is 0.106 e. The molecule has 0 saturated carbocycles. The monoisotopic (exact) mass is 195 g/mol. The normalized spacial score (nSPS) is 13.5. The summed E-state index contributed by atoms with van der Waals surface area (Å²) in [4.78, 5) is 7.69. The molecule has 3 N–H and O–H groups in total. The summed E-state index contributed by atoms with van der Waals surface area (Å²) in [5.41, 5.74) is 6.80. The molecule has 0 radical (unpaired) electrons. The number of rotatable bonds is 5. The van der Waals surface area contributed by atoms with Crippen molar-refractivity contribution in [2.45, 2.75) is 33.6 Å². The molecular formula is C11H21N3. The fraction of sp³-hybridized carbons (Fsp3) is 0.727. The van der Waals surface area contributed by atoms with Crippen LogP contribution in [0.4, 0.5) is 0 Å². The zero-order valence-electron chi connectivity index (χ0n) is 9.38. The van der Waals surface area contributed by atoms with Gasteiger partial charge in [-0.05, 0) is 24.8 Å². The molecular weight excluding hydrogens is 174 g/mol. The van der Waals surface area contributed by atoms with Crippen molar-refractivity contribution in [2.75, 3.05) is 6.54 Å². The number of aromatic nitrogens is 2. The van der Waals surface area contributed by atoms with Crippen LogP contribution >= 0.6 is 0 Å². The van der Waals surface area contributed by atoms with E-state index in [0.29, 0.717) is 11.8 Å². The van der Waals surface area contributed by atoms with Gasteiger partial charge in [-0.15, -0.1) is 0 Å². The number of nitrogens with one attached hydrogen (secondary N) is 1. The first-order valence-corrected chi connectivity index (χ1v) is 5.34. The van der Waals surface area contributed by atoms with Crippen molar-refractivity contribution >= 4 is 0 Å². The van der Waals surface area contributed by atoms with Crippen LogP contribution in [0.15, 0.2) is 6.20 Å². The number of imidazole rings is 1. The van der Waals surface area contributed by atoms with Crippen molar-refractivity contribution in [3.05, 3.63) is 17.7 Å². The van der Waals surface area contributed by atoms with E-state index in [-0.39, 0.29) is 0 Å². The summed E-state index contributed by atoms with van der Waals surface area (Å²) < 4.78 is 0. The lowest BCUT2D eigenvalue weighted by Gasteiger charge is -2.05. The van der Waals surface area contributed by atoms with Crippen molar-refractivity contribution in [1.29, 1.82) is 0 Å². The fourth-order valence-corrected chi connectivity index (χ4v) is 1.47.